The molecule has 152 valence electrons. The molecule has 0 aromatic heterocycles. The predicted octanol–water partition coefficient (Wildman–Crippen LogP) is 4.49. The van der Waals surface area contributed by atoms with Gasteiger partial charge in [0.05, 0.1) is 0 Å². The third-order valence-corrected chi connectivity index (χ3v) is 5.78. The van der Waals surface area contributed by atoms with Crippen molar-refractivity contribution in [2.45, 2.75) is 58.0 Å². The van der Waals surface area contributed by atoms with Crippen LogP contribution in [0.15, 0.2) is 42.5 Å². The number of amides is 2. The van der Waals surface area contributed by atoms with Gasteiger partial charge in [-0.25, -0.2) is 0 Å². The monoisotopic (exact) mass is 392 g/mol. The maximum absolute atomic E-state index is 12.7. The number of hydrogen-bond acceptors (Lipinski definition) is 3. The van der Waals surface area contributed by atoms with Crippen LogP contribution in [0.1, 0.15) is 50.2 Å². The molecule has 5 nitrogen and oxygen atoms in total. The minimum Gasteiger partial charge on any atom is -0.481 e. The molecule has 2 aromatic carbocycles. The number of anilines is 2. The molecule has 1 aliphatic carbocycles. The fourth-order valence-corrected chi connectivity index (χ4v) is 4.14. The van der Waals surface area contributed by atoms with E-state index in [1.807, 2.05) is 37.3 Å². The molecule has 2 aromatic rings. The lowest BCUT2D eigenvalue weighted by Crippen LogP contribution is -2.32. The first-order chi connectivity index (χ1) is 14.1. The molecule has 1 heterocycles. The van der Waals surface area contributed by atoms with Gasteiger partial charge in [-0.3, -0.25) is 9.59 Å². The molecule has 0 radical (unpaired) electrons. The van der Waals surface area contributed by atoms with Gasteiger partial charge in [0.1, 0.15) is 5.75 Å². The van der Waals surface area contributed by atoms with E-state index in [1.54, 1.807) is 4.90 Å². The standard InChI is InChI=1S/C24H28N2O3/c1-2-22(29-21-14-9-17-6-3-4-7-18(17)16-21)24(28)25-19-10-12-20(13-11-19)26-15-5-8-23(26)27/h9-14,16,22H,2-8,15H2,1H3,(H,25,28)/t22-/m0/s1. The summed E-state index contributed by atoms with van der Waals surface area (Å²) in [6.45, 7) is 2.71. The fourth-order valence-electron chi connectivity index (χ4n) is 4.14. The van der Waals surface area contributed by atoms with Crippen LogP contribution in [0.3, 0.4) is 0 Å². The Kier molecular flexibility index (Phi) is 5.84. The molecule has 1 saturated heterocycles. The van der Waals surface area contributed by atoms with Crippen molar-refractivity contribution in [1.29, 1.82) is 0 Å². The van der Waals surface area contributed by atoms with Crippen LogP contribution in [0.4, 0.5) is 11.4 Å². The summed E-state index contributed by atoms with van der Waals surface area (Å²) in [7, 11) is 0. The molecule has 5 heteroatoms. The topological polar surface area (TPSA) is 58.6 Å². The van der Waals surface area contributed by atoms with Gasteiger partial charge in [-0.05, 0) is 86.1 Å². The first kappa shape index (κ1) is 19.5. The minimum atomic E-state index is -0.545. The highest BCUT2D eigenvalue weighted by Crippen LogP contribution is 2.27. The van der Waals surface area contributed by atoms with Crippen LogP contribution >= 0.6 is 0 Å². The maximum atomic E-state index is 12.7. The highest BCUT2D eigenvalue weighted by molar-refractivity contribution is 5.97. The number of aryl methyl sites for hydroxylation is 2. The van der Waals surface area contributed by atoms with E-state index in [2.05, 4.69) is 17.4 Å². The Labute approximate surface area is 172 Å². The average Bonchev–Trinajstić information content (AvgIpc) is 3.18. The lowest BCUT2D eigenvalue weighted by molar-refractivity contribution is -0.122. The molecule has 1 atom stereocenters. The van der Waals surface area contributed by atoms with Crippen molar-refractivity contribution < 1.29 is 14.3 Å². The molecule has 1 aliphatic heterocycles. The van der Waals surface area contributed by atoms with Gasteiger partial charge in [0.15, 0.2) is 6.10 Å². The van der Waals surface area contributed by atoms with Crippen LogP contribution in [0.5, 0.6) is 5.75 Å². The second kappa shape index (κ2) is 8.68. The summed E-state index contributed by atoms with van der Waals surface area (Å²) < 4.78 is 6.02. The summed E-state index contributed by atoms with van der Waals surface area (Å²) in [5.74, 6) is 0.761. The minimum absolute atomic E-state index is 0.157. The van der Waals surface area contributed by atoms with Crippen molar-refractivity contribution >= 4 is 23.2 Å². The number of fused-ring (bicyclic) bond motifs is 1. The molecule has 2 aliphatic rings. The van der Waals surface area contributed by atoms with Crippen molar-refractivity contribution in [1.82, 2.24) is 0 Å². The van der Waals surface area contributed by atoms with Gasteiger partial charge in [-0.2, -0.15) is 0 Å². The zero-order chi connectivity index (χ0) is 20.2. The van der Waals surface area contributed by atoms with Crippen molar-refractivity contribution in [2.24, 2.45) is 0 Å². The second-order valence-electron chi connectivity index (χ2n) is 7.84. The van der Waals surface area contributed by atoms with E-state index < -0.39 is 6.10 Å². The Morgan fingerprint density at radius 2 is 1.79 bits per heavy atom. The maximum Gasteiger partial charge on any atom is 0.265 e. The normalized spacial score (nSPS) is 17.0. The van der Waals surface area contributed by atoms with Gasteiger partial charge < -0.3 is 15.0 Å². The largest absolute Gasteiger partial charge is 0.481 e. The highest BCUT2D eigenvalue weighted by atomic mass is 16.5. The number of rotatable bonds is 6. The number of nitrogens with zero attached hydrogens (tertiary/aromatic N) is 1. The van der Waals surface area contributed by atoms with Crippen molar-refractivity contribution in [3.63, 3.8) is 0 Å². The van der Waals surface area contributed by atoms with Gasteiger partial charge in [0, 0.05) is 24.3 Å². The molecule has 0 saturated carbocycles. The molecule has 0 spiro atoms. The molecule has 1 N–H and O–H groups in total. The van der Waals surface area contributed by atoms with E-state index in [4.69, 9.17) is 4.74 Å². The van der Waals surface area contributed by atoms with Gasteiger partial charge in [0.25, 0.3) is 5.91 Å². The van der Waals surface area contributed by atoms with Gasteiger partial charge >= 0.3 is 0 Å². The quantitative estimate of drug-likeness (QED) is 0.788. The van der Waals surface area contributed by atoms with E-state index in [9.17, 15) is 9.59 Å². The van der Waals surface area contributed by atoms with Crippen molar-refractivity contribution in [3.8, 4) is 5.75 Å². The van der Waals surface area contributed by atoms with Crippen molar-refractivity contribution in [3.05, 3.63) is 53.6 Å². The molecule has 4 rings (SSSR count). The van der Waals surface area contributed by atoms with Crippen LogP contribution < -0.4 is 15.0 Å². The van der Waals surface area contributed by atoms with Crippen LogP contribution in [-0.4, -0.2) is 24.5 Å². The van der Waals surface area contributed by atoms with Gasteiger partial charge in [-0.1, -0.05) is 13.0 Å². The lowest BCUT2D eigenvalue weighted by atomic mass is 9.92. The van der Waals surface area contributed by atoms with Gasteiger partial charge in [-0.15, -0.1) is 0 Å². The predicted molar refractivity (Wildman–Crippen MR) is 114 cm³/mol. The molecule has 0 bridgehead atoms. The number of ether oxygens (including phenoxy) is 1. The summed E-state index contributed by atoms with van der Waals surface area (Å²) in [6, 6.07) is 13.6. The van der Waals surface area contributed by atoms with Gasteiger partial charge in [0.2, 0.25) is 5.91 Å². The number of carbonyl (C=O) groups is 2. The second-order valence-corrected chi connectivity index (χ2v) is 7.84. The SMILES string of the molecule is CC[C@H](Oc1ccc2c(c1)CCCC2)C(=O)Nc1ccc(N2CCCC2=O)cc1. The van der Waals surface area contributed by atoms with E-state index >= 15 is 0 Å². The zero-order valence-corrected chi connectivity index (χ0v) is 16.9. The molecular formula is C24H28N2O3. The molecule has 0 unspecified atom stereocenters. The number of nitrogens with one attached hydrogen (secondary N) is 1. The third kappa shape index (κ3) is 4.44. The molecular weight excluding hydrogens is 364 g/mol. The van der Waals surface area contributed by atoms with Crippen LogP contribution in [0, 0.1) is 0 Å². The number of hydrogen-bond donors (Lipinski definition) is 1. The Morgan fingerprint density at radius 1 is 1.03 bits per heavy atom. The van der Waals surface area contributed by atoms with Crippen molar-refractivity contribution in [2.75, 3.05) is 16.8 Å². The first-order valence-electron chi connectivity index (χ1n) is 10.6. The smallest absolute Gasteiger partial charge is 0.265 e. The molecule has 1 fully saturated rings. The highest BCUT2D eigenvalue weighted by Gasteiger charge is 2.22. The van der Waals surface area contributed by atoms with E-state index in [0.29, 0.717) is 18.5 Å². The Balaban J connectivity index is 1.39. The lowest BCUT2D eigenvalue weighted by Gasteiger charge is -2.21. The van der Waals surface area contributed by atoms with E-state index in [1.165, 1.54) is 24.0 Å². The Morgan fingerprint density at radius 3 is 2.48 bits per heavy atom. The van der Waals surface area contributed by atoms with Crippen LogP contribution in [-0.2, 0) is 22.4 Å². The molecule has 29 heavy (non-hydrogen) atoms. The van der Waals surface area contributed by atoms with E-state index in [-0.39, 0.29) is 11.8 Å². The zero-order valence-electron chi connectivity index (χ0n) is 16.9. The number of carbonyl (C=O) groups excluding carboxylic acids is 2. The fraction of sp³-hybridized carbons (Fsp3) is 0.417. The Bertz CT molecular complexity index is 891. The summed E-state index contributed by atoms with van der Waals surface area (Å²) in [4.78, 5) is 26.4. The van der Waals surface area contributed by atoms with E-state index in [0.717, 1.165) is 37.2 Å². The summed E-state index contributed by atoms with van der Waals surface area (Å²) >= 11 is 0. The summed E-state index contributed by atoms with van der Waals surface area (Å²) in [5.41, 5.74) is 4.33. The average molecular weight is 392 g/mol. The summed E-state index contributed by atoms with van der Waals surface area (Å²) in [6.07, 6.45) is 6.23. The third-order valence-electron chi connectivity index (χ3n) is 5.78. The Hall–Kier alpha value is -2.82. The first-order valence-corrected chi connectivity index (χ1v) is 10.6. The molecule has 2 amide bonds. The van der Waals surface area contributed by atoms with Crippen LogP contribution in [0.2, 0.25) is 0 Å². The van der Waals surface area contributed by atoms with Crippen LogP contribution in [0.25, 0.3) is 0 Å². The summed E-state index contributed by atoms with van der Waals surface area (Å²) in [5, 5.41) is 2.94. The number of benzene rings is 2.